The molecular formula is C15H20ClN5. The third-order valence-corrected chi connectivity index (χ3v) is 4.76. The number of hydrogen-bond acceptors (Lipinski definition) is 4. The minimum absolute atomic E-state index is 0.281. The Morgan fingerprint density at radius 3 is 2.76 bits per heavy atom. The molecule has 0 aliphatic heterocycles. The van der Waals surface area contributed by atoms with Crippen LogP contribution in [0.1, 0.15) is 45.1 Å². The lowest BCUT2D eigenvalue weighted by atomic mass is 9.84. The molecule has 1 fully saturated rings. The zero-order chi connectivity index (χ0) is 14.8. The van der Waals surface area contributed by atoms with E-state index in [1.807, 2.05) is 16.8 Å². The largest absolute Gasteiger partial charge is 0.399 e. The predicted molar refractivity (Wildman–Crippen MR) is 84.0 cm³/mol. The molecule has 2 aromatic rings. The van der Waals surface area contributed by atoms with Gasteiger partial charge in [0.25, 0.3) is 0 Å². The predicted octanol–water partition coefficient (Wildman–Crippen LogP) is 3.72. The summed E-state index contributed by atoms with van der Waals surface area (Å²) in [6, 6.07) is 5.73. The van der Waals surface area contributed by atoms with E-state index < -0.39 is 0 Å². The normalized spacial score (nSPS) is 17.8. The molecule has 1 unspecified atom stereocenters. The molecule has 2 N–H and O–H groups in total. The number of tetrazole rings is 1. The Morgan fingerprint density at radius 1 is 1.29 bits per heavy atom. The summed E-state index contributed by atoms with van der Waals surface area (Å²) >= 11 is 6.29. The first kappa shape index (κ1) is 14.3. The smallest absolute Gasteiger partial charge is 0.183 e. The molecule has 1 atom stereocenters. The van der Waals surface area contributed by atoms with Crippen LogP contribution >= 0.6 is 11.6 Å². The molecule has 6 heteroatoms. The molecule has 1 aromatic heterocycles. The first-order valence-electron chi connectivity index (χ1n) is 7.50. The maximum absolute atomic E-state index is 6.29. The van der Waals surface area contributed by atoms with Gasteiger partial charge in [-0.2, -0.15) is 0 Å². The van der Waals surface area contributed by atoms with Crippen LogP contribution in [-0.4, -0.2) is 20.2 Å². The van der Waals surface area contributed by atoms with Gasteiger partial charge in [0.15, 0.2) is 5.82 Å². The highest BCUT2D eigenvalue weighted by molar-refractivity contribution is 6.33. The number of nitrogen functional groups attached to an aromatic ring is 1. The minimum Gasteiger partial charge on any atom is -0.399 e. The van der Waals surface area contributed by atoms with Crippen LogP contribution in [0.4, 0.5) is 5.69 Å². The monoisotopic (exact) mass is 305 g/mol. The molecule has 0 amide bonds. The van der Waals surface area contributed by atoms with Crippen LogP contribution in [0.2, 0.25) is 5.02 Å². The summed E-state index contributed by atoms with van der Waals surface area (Å²) in [4.78, 5) is 0. The molecule has 0 radical (unpaired) electrons. The van der Waals surface area contributed by atoms with Crippen molar-refractivity contribution in [1.82, 2.24) is 20.2 Å². The molecule has 1 aliphatic carbocycles. The number of nitrogens with zero attached hydrogens (tertiary/aromatic N) is 4. The van der Waals surface area contributed by atoms with Crippen LogP contribution in [-0.2, 0) is 0 Å². The first-order chi connectivity index (χ1) is 10.2. The van der Waals surface area contributed by atoms with Gasteiger partial charge >= 0.3 is 0 Å². The molecule has 1 saturated carbocycles. The van der Waals surface area contributed by atoms with Crippen LogP contribution in [0, 0.1) is 5.92 Å². The lowest BCUT2D eigenvalue weighted by Crippen LogP contribution is -2.21. The quantitative estimate of drug-likeness (QED) is 0.877. The van der Waals surface area contributed by atoms with Gasteiger partial charge in [0, 0.05) is 11.3 Å². The summed E-state index contributed by atoms with van der Waals surface area (Å²) in [7, 11) is 0. The second kappa shape index (κ2) is 6.02. The topological polar surface area (TPSA) is 69.6 Å². The van der Waals surface area contributed by atoms with Gasteiger partial charge in [-0.25, -0.2) is 4.68 Å². The third kappa shape index (κ3) is 2.88. The number of rotatable bonds is 3. The van der Waals surface area contributed by atoms with Crippen LogP contribution < -0.4 is 5.73 Å². The van der Waals surface area contributed by atoms with E-state index in [1.54, 1.807) is 6.07 Å². The van der Waals surface area contributed by atoms with Crippen LogP contribution in [0.15, 0.2) is 18.2 Å². The third-order valence-electron chi connectivity index (χ3n) is 4.44. The maximum Gasteiger partial charge on any atom is 0.183 e. The fourth-order valence-corrected chi connectivity index (χ4v) is 3.45. The van der Waals surface area contributed by atoms with Crippen LogP contribution in [0.25, 0.3) is 11.4 Å². The van der Waals surface area contributed by atoms with E-state index in [4.69, 9.17) is 17.3 Å². The molecule has 0 saturated heterocycles. The Balaban J connectivity index is 1.93. The lowest BCUT2D eigenvalue weighted by molar-refractivity contribution is 0.249. The van der Waals surface area contributed by atoms with Crippen molar-refractivity contribution in [3.63, 3.8) is 0 Å². The average molecular weight is 306 g/mol. The van der Waals surface area contributed by atoms with E-state index in [0.717, 1.165) is 11.4 Å². The molecule has 1 heterocycles. The summed E-state index contributed by atoms with van der Waals surface area (Å²) in [6.45, 7) is 2.20. The summed E-state index contributed by atoms with van der Waals surface area (Å²) in [5, 5.41) is 12.8. The molecule has 0 spiro atoms. The standard InChI is InChI=1S/C15H20ClN5/c1-10(11-5-3-2-4-6-11)21-15(18-19-20-21)13-8-7-12(17)9-14(13)16/h7-11H,2-6,17H2,1H3. The molecule has 21 heavy (non-hydrogen) atoms. The number of anilines is 1. The molecular weight excluding hydrogens is 286 g/mol. The molecule has 5 nitrogen and oxygen atoms in total. The van der Waals surface area contributed by atoms with Crippen molar-refractivity contribution in [1.29, 1.82) is 0 Å². The second-order valence-electron chi connectivity index (χ2n) is 5.83. The molecule has 3 rings (SSSR count). The Kier molecular flexibility index (Phi) is 4.10. The highest BCUT2D eigenvalue weighted by atomic mass is 35.5. The van der Waals surface area contributed by atoms with Crippen molar-refractivity contribution in [2.45, 2.75) is 45.1 Å². The van der Waals surface area contributed by atoms with E-state index in [1.165, 1.54) is 32.1 Å². The fraction of sp³-hybridized carbons (Fsp3) is 0.533. The lowest BCUT2D eigenvalue weighted by Gasteiger charge is -2.28. The summed E-state index contributed by atoms with van der Waals surface area (Å²) < 4.78 is 1.91. The van der Waals surface area contributed by atoms with Crippen molar-refractivity contribution in [2.24, 2.45) is 5.92 Å². The number of aromatic nitrogens is 4. The van der Waals surface area contributed by atoms with E-state index in [2.05, 4.69) is 22.4 Å². The van der Waals surface area contributed by atoms with E-state index in [-0.39, 0.29) is 6.04 Å². The Morgan fingerprint density at radius 2 is 2.05 bits per heavy atom. The number of hydrogen-bond donors (Lipinski definition) is 1. The van der Waals surface area contributed by atoms with Gasteiger partial charge in [0.2, 0.25) is 0 Å². The molecule has 1 aliphatic rings. The fourth-order valence-electron chi connectivity index (χ4n) is 3.17. The van der Waals surface area contributed by atoms with Gasteiger partial charge in [0.05, 0.1) is 11.1 Å². The highest BCUT2D eigenvalue weighted by Crippen LogP contribution is 2.35. The van der Waals surface area contributed by atoms with Gasteiger partial charge in [-0.3, -0.25) is 0 Å². The molecule has 1 aromatic carbocycles. The van der Waals surface area contributed by atoms with Crippen LogP contribution in [0.3, 0.4) is 0 Å². The van der Waals surface area contributed by atoms with Gasteiger partial charge in [-0.05, 0) is 54.3 Å². The van der Waals surface area contributed by atoms with Crippen molar-refractivity contribution >= 4 is 17.3 Å². The Labute approximate surface area is 129 Å². The van der Waals surface area contributed by atoms with Crippen molar-refractivity contribution in [3.8, 4) is 11.4 Å². The van der Waals surface area contributed by atoms with Crippen molar-refractivity contribution in [2.75, 3.05) is 5.73 Å². The van der Waals surface area contributed by atoms with Gasteiger partial charge in [0.1, 0.15) is 0 Å². The second-order valence-corrected chi connectivity index (χ2v) is 6.23. The number of nitrogens with two attached hydrogens (primary N) is 1. The van der Waals surface area contributed by atoms with Gasteiger partial charge in [-0.15, -0.1) is 5.10 Å². The van der Waals surface area contributed by atoms with Crippen LogP contribution in [0.5, 0.6) is 0 Å². The summed E-state index contributed by atoms with van der Waals surface area (Å²) in [5.41, 5.74) is 7.23. The SMILES string of the molecule is CC(C1CCCCC1)n1nnnc1-c1ccc(N)cc1Cl. The van der Waals surface area contributed by atoms with Gasteiger partial charge in [-0.1, -0.05) is 30.9 Å². The maximum atomic E-state index is 6.29. The molecule has 112 valence electrons. The van der Waals surface area contributed by atoms with E-state index >= 15 is 0 Å². The Bertz CT molecular complexity index is 618. The van der Waals surface area contributed by atoms with Crippen molar-refractivity contribution < 1.29 is 0 Å². The summed E-state index contributed by atoms with van der Waals surface area (Å²) in [5.74, 6) is 1.35. The van der Waals surface area contributed by atoms with Crippen molar-refractivity contribution in [3.05, 3.63) is 23.2 Å². The highest BCUT2D eigenvalue weighted by Gasteiger charge is 2.25. The minimum atomic E-state index is 0.281. The zero-order valence-corrected chi connectivity index (χ0v) is 12.9. The van der Waals surface area contributed by atoms with E-state index in [9.17, 15) is 0 Å². The first-order valence-corrected chi connectivity index (χ1v) is 7.88. The zero-order valence-electron chi connectivity index (χ0n) is 12.2. The Hall–Kier alpha value is -1.62. The number of benzene rings is 1. The summed E-state index contributed by atoms with van der Waals surface area (Å²) in [6.07, 6.45) is 6.44. The molecule has 0 bridgehead atoms. The number of halogens is 1. The van der Waals surface area contributed by atoms with E-state index in [0.29, 0.717) is 16.6 Å². The van der Waals surface area contributed by atoms with Gasteiger partial charge < -0.3 is 5.73 Å². The average Bonchev–Trinajstić information content (AvgIpc) is 2.96.